The van der Waals surface area contributed by atoms with Crippen LogP contribution in [-0.4, -0.2) is 23.5 Å². The summed E-state index contributed by atoms with van der Waals surface area (Å²) in [5.41, 5.74) is 1.32. The minimum absolute atomic E-state index is 0.664. The predicted octanol–water partition coefficient (Wildman–Crippen LogP) is 1.69. The summed E-state index contributed by atoms with van der Waals surface area (Å²) in [7, 11) is 0. The molecule has 0 aromatic heterocycles. The zero-order valence-electron chi connectivity index (χ0n) is 7.45. The van der Waals surface area contributed by atoms with Gasteiger partial charge < -0.3 is 0 Å². The van der Waals surface area contributed by atoms with Gasteiger partial charge in [-0.15, -0.1) is 0 Å². The molecule has 1 saturated carbocycles. The van der Waals surface area contributed by atoms with E-state index in [4.69, 9.17) is 5.26 Å². The SMILES string of the molecule is CC1C/C(=C\C#N)CN1C1CC1. The molecule has 1 unspecified atom stereocenters. The van der Waals surface area contributed by atoms with Gasteiger partial charge in [0.2, 0.25) is 0 Å². The molecule has 1 atom stereocenters. The molecule has 1 aliphatic heterocycles. The van der Waals surface area contributed by atoms with E-state index < -0.39 is 0 Å². The molecule has 0 radical (unpaired) electrons. The van der Waals surface area contributed by atoms with Gasteiger partial charge in [0.25, 0.3) is 0 Å². The van der Waals surface area contributed by atoms with Gasteiger partial charge in [-0.05, 0) is 31.8 Å². The topological polar surface area (TPSA) is 27.0 Å². The summed E-state index contributed by atoms with van der Waals surface area (Å²) in [6.45, 7) is 3.30. The molecule has 0 aromatic carbocycles. The van der Waals surface area contributed by atoms with E-state index in [1.54, 1.807) is 6.08 Å². The Hall–Kier alpha value is -0.810. The summed E-state index contributed by atoms with van der Waals surface area (Å²) in [5, 5.41) is 8.51. The van der Waals surface area contributed by atoms with E-state index in [1.165, 1.54) is 18.4 Å². The molecule has 2 fully saturated rings. The number of hydrogen-bond acceptors (Lipinski definition) is 2. The Balaban J connectivity index is 2.02. The summed E-state index contributed by atoms with van der Waals surface area (Å²) in [5.74, 6) is 0. The molecule has 0 amide bonds. The molecule has 1 heterocycles. The van der Waals surface area contributed by atoms with Crippen molar-refractivity contribution in [1.82, 2.24) is 4.90 Å². The monoisotopic (exact) mass is 162 g/mol. The summed E-state index contributed by atoms with van der Waals surface area (Å²) in [6.07, 6.45) is 5.55. The second-order valence-electron chi connectivity index (χ2n) is 3.89. The van der Waals surface area contributed by atoms with Crippen molar-refractivity contribution in [1.29, 1.82) is 5.26 Å². The number of nitriles is 1. The molecule has 2 aliphatic rings. The van der Waals surface area contributed by atoms with Crippen LogP contribution in [0.25, 0.3) is 0 Å². The molecular formula is C10H14N2. The maximum absolute atomic E-state index is 8.51. The first-order valence-electron chi connectivity index (χ1n) is 4.64. The first-order chi connectivity index (χ1) is 5.81. The van der Waals surface area contributed by atoms with Crippen LogP contribution in [0.4, 0.5) is 0 Å². The van der Waals surface area contributed by atoms with Crippen molar-refractivity contribution in [2.75, 3.05) is 6.54 Å². The minimum Gasteiger partial charge on any atom is -0.293 e. The summed E-state index contributed by atoms with van der Waals surface area (Å²) < 4.78 is 0. The molecular weight excluding hydrogens is 148 g/mol. The van der Waals surface area contributed by atoms with Crippen LogP contribution in [0.2, 0.25) is 0 Å². The molecule has 0 spiro atoms. The Labute approximate surface area is 73.5 Å². The van der Waals surface area contributed by atoms with Crippen molar-refractivity contribution in [3.8, 4) is 6.07 Å². The quantitative estimate of drug-likeness (QED) is 0.549. The predicted molar refractivity (Wildman–Crippen MR) is 47.5 cm³/mol. The van der Waals surface area contributed by atoms with Gasteiger partial charge in [0.05, 0.1) is 6.07 Å². The maximum atomic E-state index is 8.51. The van der Waals surface area contributed by atoms with Gasteiger partial charge in [-0.1, -0.05) is 0 Å². The third-order valence-electron chi connectivity index (χ3n) is 2.79. The van der Waals surface area contributed by atoms with E-state index in [-0.39, 0.29) is 0 Å². The number of nitrogens with zero attached hydrogens (tertiary/aromatic N) is 2. The van der Waals surface area contributed by atoms with Gasteiger partial charge in [-0.2, -0.15) is 5.26 Å². The molecule has 12 heavy (non-hydrogen) atoms. The number of allylic oxidation sites excluding steroid dienone is 1. The second-order valence-corrected chi connectivity index (χ2v) is 3.89. The molecule has 0 bridgehead atoms. The Bertz CT molecular complexity index is 245. The minimum atomic E-state index is 0.664. The van der Waals surface area contributed by atoms with E-state index in [2.05, 4.69) is 17.9 Å². The van der Waals surface area contributed by atoms with Gasteiger partial charge in [0.1, 0.15) is 0 Å². The van der Waals surface area contributed by atoms with E-state index in [0.29, 0.717) is 6.04 Å². The van der Waals surface area contributed by atoms with E-state index in [1.807, 2.05) is 0 Å². The third-order valence-corrected chi connectivity index (χ3v) is 2.79. The van der Waals surface area contributed by atoms with Crippen molar-refractivity contribution in [2.24, 2.45) is 0 Å². The average Bonchev–Trinajstić information content (AvgIpc) is 2.79. The number of rotatable bonds is 1. The van der Waals surface area contributed by atoms with Crippen molar-refractivity contribution >= 4 is 0 Å². The van der Waals surface area contributed by atoms with Crippen LogP contribution in [0, 0.1) is 11.3 Å². The molecule has 1 saturated heterocycles. The molecule has 2 heteroatoms. The molecule has 64 valence electrons. The lowest BCUT2D eigenvalue weighted by atomic mass is 10.2. The number of hydrogen-bond donors (Lipinski definition) is 0. The highest BCUT2D eigenvalue weighted by atomic mass is 15.2. The largest absolute Gasteiger partial charge is 0.293 e. The Morgan fingerprint density at radius 3 is 2.92 bits per heavy atom. The van der Waals surface area contributed by atoms with E-state index in [0.717, 1.165) is 19.0 Å². The molecule has 0 N–H and O–H groups in total. The molecule has 1 aliphatic carbocycles. The van der Waals surface area contributed by atoms with E-state index in [9.17, 15) is 0 Å². The van der Waals surface area contributed by atoms with Gasteiger partial charge in [0, 0.05) is 24.7 Å². The van der Waals surface area contributed by atoms with Crippen LogP contribution in [0.15, 0.2) is 11.6 Å². The van der Waals surface area contributed by atoms with Crippen LogP contribution >= 0.6 is 0 Å². The molecule has 0 aromatic rings. The van der Waals surface area contributed by atoms with Gasteiger partial charge >= 0.3 is 0 Å². The zero-order valence-corrected chi connectivity index (χ0v) is 7.45. The highest BCUT2D eigenvalue weighted by Crippen LogP contribution is 2.34. The normalized spacial score (nSPS) is 34.0. The van der Waals surface area contributed by atoms with Gasteiger partial charge in [-0.25, -0.2) is 0 Å². The van der Waals surface area contributed by atoms with Crippen LogP contribution in [0.1, 0.15) is 26.2 Å². The van der Waals surface area contributed by atoms with Crippen molar-refractivity contribution in [3.63, 3.8) is 0 Å². The van der Waals surface area contributed by atoms with E-state index >= 15 is 0 Å². The lowest BCUT2D eigenvalue weighted by Crippen LogP contribution is -2.28. The van der Waals surface area contributed by atoms with Crippen LogP contribution in [0.3, 0.4) is 0 Å². The molecule has 2 nitrogen and oxygen atoms in total. The summed E-state index contributed by atoms with van der Waals surface area (Å²) >= 11 is 0. The van der Waals surface area contributed by atoms with Gasteiger partial charge in [0.15, 0.2) is 0 Å². The van der Waals surface area contributed by atoms with Crippen LogP contribution < -0.4 is 0 Å². The lowest BCUT2D eigenvalue weighted by molar-refractivity contribution is 0.260. The number of likely N-dealkylation sites (tertiary alicyclic amines) is 1. The third kappa shape index (κ3) is 1.37. The summed E-state index contributed by atoms with van der Waals surface area (Å²) in [6, 6.07) is 3.62. The van der Waals surface area contributed by atoms with Crippen molar-refractivity contribution < 1.29 is 0 Å². The van der Waals surface area contributed by atoms with Gasteiger partial charge in [-0.3, -0.25) is 4.90 Å². The fourth-order valence-corrected chi connectivity index (χ4v) is 2.04. The fraction of sp³-hybridized carbons (Fsp3) is 0.700. The average molecular weight is 162 g/mol. The Morgan fingerprint density at radius 1 is 1.58 bits per heavy atom. The second kappa shape index (κ2) is 2.91. The van der Waals surface area contributed by atoms with Crippen LogP contribution in [0.5, 0.6) is 0 Å². The van der Waals surface area contributed by atoms with Crippen LogP contribution in [-0.2, 0) is 0 Å². The zero-order chi connectivity index (χ0) is 8.55. The fourth-order valence-electron chi connectivity index (χ4n) is 2.04. The first-order valence-corrected chi connectivity index (χ1v) is 4.64. The standard InChI is InChI=1S/C10H14N2/c1-8-6-9(4-5-11)7-12(8)10-2-3-10/h4,8,10H,2-3,6-7H2,1H3/b9-4+. The lowest BCUT2D eigenvalue weighted by Gasteiger charge is -2.18. The Morgan fingerprint density at radius 2 is 2.33 bits per heavy atom. The van der Waals surface area contributed by atoms with Crippen molar-refractivity contribution in [3.05, 3.63) is 11.6 Å². The van der Waals surface area contributed by atoms with Crippen molar-refractivity contribution in [2.45, 2.75) is 38.3 Å². The first kappa shape index (κ1) is 7.82. The summed E-state index contributed by atoms with van der Waals surface area (Å²) in [4.78, 5) is 2.53. The molecule has 2 rings (SSSR count). The highest BCUT2D eigenvalue weighted by molar-refractivity contribution is 5.20. The highest BCUT2D eigenvalue weighted by Gasteiger charge is 2.36. The Kier molecular flexibility index (Phi) is 1.90. The smallest absolute Gasteiger partial charge is 0.0912 e. The maximum Gasteiger partial charge on any atom is 0.0912 e.